The minimum absolute atomic E-state index is 0.207. The van der Waals surface area contributed by atoms with Gasteiger partial charge < -0.3 is 10.5 Å². The molecular weight excluding hydrogens is 295 g/mol. The van der Waals surface area contributed by atoms with Gasteiger partial charge in [-0.05, 0) is 36.6 Å². The fourth-order valence-corrected chi connectivity index (χ4v) is 2.47. The van der Waals surface area contributed by atoms with Crippen LogP contribution in [0.2, 0.25) is 10.0 Å². The smallest absolute Gasteiger partial charge is 0.118 e. The summed E-state index contributed by atoms with van der Waals surface area (Å²) in [7, 11) is 1.65. The summed E-state index contributed by atoms with van der Waals surface area (Å²) in [4.78, 5) is 4.21. The Bertz CT molecular complexity index is 573. The molecule has 1 atom stereocenters. The van der Waals surface area contributed by atoms with Crippen LogP contribution in [0.1, 0.15) is 23.7 Å². The molecule has 106 valence electrons. The molecule has 3 nitrogen and oxygen atoms in total. The van der Waals surface area contributed by atoms with Crippen LogP contribution < -0.4 is 10.5 Å². The summed E-state index contributed by atoms with van der Waals surface area (Å²) < 4.78 is 5.13. The second-order valence-corrected chi connectivity index (χ2v) is 5.36. The fraction of sp³-hybridized carbons (Fsp3) is 0.267. The van der Waals surface area contributed by atoms with E-state index in [-0.39, 0.29) is 6.04 Å². The van der Waals surface area contributed by atoms with Gasteiger partial charge in [-0.3, -0.25) is 4.98 Å². The predicted octanol–water partition coefficient (Wildman–Crippen LogP) is 4.03. The summed E-state index contributed by atoms with van der Waals surface area (Å²) in [6.45, 7) is 0. The normalized spacial score (nSPS) is 12.2. The van der Waals surface area contributed by atoms with Gasteiger partial charge in [-0.1, -0.05) is 35.3 Å². The van der Waals surface area contributed by atoms with Crippen molar-refractivity contribution in [2.24, 2.45) is 5.73 Å². The van der Waals surface area contributed by atoms with Gasteiger partial charge >= 0.3 is 0 Å². The predicted molar refractivity (Wildman–Crippen MR) is 82.5 cm³/mol. The SMILES string of the molecule is COc1ccc(CCC(N)c2ncc(Cl)cc2Cl)cc1. The Morgan fingerprint density at radius 3 is 2.55 bits per heavy atom. The largest absolute Gasteiger partial charge is 0.497 e. The number of hydrogen-bond donors (Lipinski definition) is 1. The average Bonchev–Trinajstić information content (AvgIpc) is 2.45. The summed E-state index contributed by atoms with van der Waals surface area (Å²) in [5.74, 6) is 0.848. The van der Waals surface area contributed by atoms with E-state index in [9.17, 15) is 0 Å². The highest BCUT2D eigenvalue weighted by molar-refractivity contribution is 6.34. The maximum Gasteiger partial charge on any atom is 0.118 e. The van der Waals surface area contributed by atoms with Crippen molar-refractivity contribution in [1.82, 2.24) is 4.98 Å². The Morgan fingerprint density at radius 2 is 1.95 bits per heavy atom. The lowest BCUT2D eigenvalue weighted by Gasteiger charge is -2.13. The third-order valence-corrected chi connectivity index (χ3v) is 3.60. The van der Waals surface area contributed by atoms with E-state index in [0.29, 0.717) is 15.7 Å². The first-order valence-corrected chi connectivity index (χ1v) is 7.05. The topological polar surface area (TPSA) is 48.1 Å². The van der Waals surface area contributed by atoms with Gasteiger partial charge in [-0.15, -0.1) is 0 Å². The van der Waals surface area contributed by atoms with Gasteiger partial charge in [-0.2, -0.15) is 0 Å². The van der Waals surface area contributed by atoms with E-state index in [0.717, 1.165) is 18.6 Å². The van der Waals surface area contributed by atoms with E-state index >= 15 is 0 Å². The first-order chi connectivity index (χ1) is 9.60. The van der Waals surface area contributed by atoms with Crippen LogP contribution in [-0.2, 0) is 6.42 Å². The number of ether oxygens (including phenoxy) is 1. The summed E-state index contributed by atoms with van der Waals surface area (Å²) in [5.41, 5.74) is 8.02. The molecule has 0 fully saturated rings. The van der Waals surface area contributed by atoms with Gasteiger partial charge in [0.1, 0.15) is 5.75 Å². The van der Waals surface area contributed by atoms with Gasteiger partial charge in [0.25, 0.3) is 0 Å². The molecule has 1 heterocycles. The van der Waals surface area contributed by atoms with Gasteiger partial charge in [-0.25, -0.2) is 0 Å². The van der Waals surface area contributed by atoms with Crippen LogP contribution in [0.3, 0.4) is 0 Å². The highest BCUT2D eigenvalue weighted by atomic mass is 35.5. The number of halogens is 2. The lowest BCUT2D eigenvalue weighted by Crippen LogP contribution is -2.13. The number of nitrogens with two attached hydrogens (primary N) is 1. The van der Waals surface area contributed by atoms with Crippen molar-refractivity contribution >= 4 is 23.2 Å². The number of benzene rings is 1. The molecule has 0 radical (unpaired) electrons. The maximum absolute atomic E-state index is 6.14. The highest BCUT2D eigenvalue weighted by Gasteiger charge is 2.12. The van der Waals surface area contributed by atoms with Crippen LogP contribution in [0.4, 0.5) is 0 Å². The van der Waals surface area contributed by atoms with Crippen LogP contribution in [0.25, 0.3) is 0 Å². The molecule has 2 rings (SSSR count). The van der Waals surface area contributed by atoms with Crippen LogP contribution in [0.5, 0.6) is 5.75 Å². The third kappa shape index (κ3) is 3.85. The summed E-state index contributed by atoms with van der Waals surface area (Å²) >= 11 is 11.9. The molecular formula is C15H16Cl2N2O. The molecule has 0 aliphatic carbocycles. The highest BCUT2D eigenvalue weighted by Crippen LogP contribution is 2.25. The molecule has 2 N–H and O–H groups in total. The molecule has 2 aromatic rings. The minimum atomic E-state index is -0.207. The molecule has 1 aromatic heterocycles. The zero-order valence-corrected chi connectivity index (χ0v) is 12.7. The number of rotatable bonds is 5. The summed E-state index contributed by atoms with van der Waals surface area (Å²) in [6, 6.07) is 9.40. The molecule has 20 heavy (non-hydrogen) atoms. The van der Waals surface area contributed by atoms with Crippen molar-refractivity contribution < 1.29 is 4.74 Å². The third-order valence-electron chi connectivity index (χ3n) is 3.09. The van der Waals surface area contributed by atoms with Gasteiger partial charge in [0, 0.05) is 12.2 Å². The molecule has 0 saturated carbocycles. The van der Waals surface area contributed by atoms with E-state index in [2.05, 4.69) is 4.98 Å². The number of aryl methyl sites for hydroxylation is 1. The Balaban J connectivity index is 1.98. The first kappa shape index (κ1) is 15.1. The van der Waals surface area contributed by atoms with E-state index < -0.39 is 0 Å². The van der Waals surface area contributed by atoms with E-state index in [4.69, 9.17) is 33.7 Å². The van der Waals surface area contributed by atoms with Gasteiger partial charge in [0.05, 0.1) is 22.8 Å². The maximum atomic E-state index is 6.14. The van der Waals surface area contributed by atoms with Crippen molar-refractivity contribution in [3.05, 3.63) is 57.8 Å². The molecule has 0 aliphatic rings. The Labute approximate surface area is 128 Å². The standard InChI is InChI=1S/C15H16Cl2N2O/c1-20-12-5-2-10(3-6-12)4-7-14(18)15-13(17)8-11(16)9-19-15/h2-3,5-6,8-9,14H,4,7,18H2,1H3. The molecule has 0 amide bonds. The molecule has 1 unspecified atom stereocenters. The van der Waals surface area contributed by atoms with Crippen LogP contribution in [0.15, 0.2) is 36.5 Å². The minimum Gasteiger partial charge on any atom is -0.497 e. The fourth-order valence-electron chi connectivity index (χ4n) is 1.95. The van der Waals surface area contributed by atoms with Crippen LogP contribution in [-0.4, -0.2) is 12.1 Å². The first-order valence-electron chi connectivity index (χ1n) is 6.29. The van der Waals surface area contributed by atoms with Crippen molar-refractivity contribution in [3.8, 4) is 5.75 Å². The van der Waals surface area contributed by atoms with Crippen LogP contribution in [0, 0.1) is 0 Å². The van der Waals surface area contributed by atoms with Crippen LogP contribution >= 0.6 is 23.2 Å². The Morgan fingerprint density at radius 1 is 1.25 bits per heavy atom. The lowest BCUT2D eigenvalue weighted by atomic mass is 10.0. The molecule has 1 aromatic carbocycles. The quantitative estimate of drug-likeness (QED) is 0.907. The number of pyridine rings is 1. The second kappa shape index (κ2) is 6.93. The molecule has 0 bridgehead atoms. The molecule has 5 heteroatoms. The second-order valence-electron chi connectivity index (χ2n) is 4.51. The summed E-state index contributed by atoms with van der Waals surface area (Å²) in [5, 5.41) is 1.03. The Hall–Kier alpha value is -1.29. The number of methoxy groups -OCH3 is 1. The van der Waals surface area contributed by atoms with E-state index in [1.165, 1.54) is 5.56 Å². The average molecular weight is 311 g/mol. The molecule has 0 spiro atoms. The number of hydrogen-bond acceptors (Lipinski definition) is 3. The Kier molecular flexibility index (Phi) is 5.24. The molecule has 0 aliphatic heterocycles. The van der Waals surface area contributed by atoms with E-state index in [1.807, 2.05) is 24.3 Å². The number of nitrogens with zero attached hydrogens (tertiary/aromatic N) is 1. The monoisotopic (exact) mass is 310 g/mol. The zero-order chi connectivity index (χ0) is 14.5. The van der Waals surface area contributed by atoms with E-state index in [1.54, 1.807) is 19.4 Å². The van der Waals surface area contributed by atoms with Gasteiger partial charge in [0.15, 0.2) is 0 Å². The summed E-state index contributed by atoms with van der Waals surface area (Å²) in [6.07, 6.45) is 3.18. The van der Waals surface area contributed by atoms with Gasteiger partial charge in [0.2, 0.25) is 0 Å². The van der Waals surface area contributed by atoms with Crippen molar-refractivity contribution in [2.75, 3.05) is 7.11 Å². The number of aromatic nitrogens is 1. The molecule has 0 saturated heterocycles. The zero-order valence-electron chi connectivity index (χ0n) is 11.1. The lowest BCUT2D eigenvalue weighted by molar-refractivity contribution is 0.414. The van der Waals surface area contributed by atoms with Crippen molar-refractivity contribution in [2.45, 2.75) is 18.9 Å². The van der Waals surface area contributed by atoms with Crippen molar-refractivity contribution in [3.63, 3.8) is 0 Å². The van der Waals surface area contributed by atoms with Crippen molar-refractivity contribution in [1.29, 1.82) is 0 Å².